The SMILES string of the molecule is CCS(=O)(=O)Nc1cc2oc(C(=O)NC)c(C(=O)NC)c2cc1-c1ccc2c(n1)-c1cc3c(F)cccc3n1CO2. The van der Waals surface area contributed by atoms with Gasteiger partial charge in [0.05, 0.1) is 33.9 Å². The van der Waals surface area contributed by atoms with Crippen molar-refractivity contribution in [2.24, 2.45) is 0 Å². The van der Waals surface area contributed by atoms with Crippen LogP contribution in [0.25, 0.3) is 44.5 Å². The number of fused-ring (bicyclic) bond motifs is 6. The molecule has 3 N–H and O–H groups in total. The minimum absolute atomic E-state index is 0.00936. The van der Waals surface area contributed by atoms with Crippen molar-refractivity contribution < 1.29 is 31.6 Å². The number of nitrogens with zero attached hydrogens (tertiary/aromatic N) is 2. The Labute approximate surface area is 233 Å². The fraction of sp³-hybridized carbons (Fsp3) is 0.179. The third kappa shape index (κ3) is 4.25. The van der Waals surface area contributed by atoms with E-state index in [1.807, 2.05) is 0 Å². The summed E-state index contributed by atoms with van der Waals surface area (Å²) in [5.74, 6) is -1.52. The van der Waals surface area contributed by atoms with Gasteiger partial charge in [0, 0.05) is 36.5 Å². The Hall–Kier alpha value is -4.91. The molecule has 2 amide bonds. The fourth-order valence-electron chi connectivity index (χ4n) is 4.92. The van der Waals surface area contributed by atoms with Gasteiger partial charge in [-0.05, 0) is 43.3 Å². The van der Waals surface area contributed by atoms with E-state index in [1.54, 1.807) is 41.0 Å². The first kappa shape index (κ1) is 26.3. The normalized spacial score (nSPS) is 12.5. The number of carbonyl (C=O) groups excluding carboxylic acids is 2. The molecule has 0 unspecified atom stereocenters. The molecule has 0 aliphatic carbocycles. The van der Waals surface area contributed by atoms with Crippen LogP contribution in [-0.2, 0) is 16.8 Å². The van der Waals surface area contributed by atoms with Crippen LogP contribution in [0.3, 0.4) is 0 Å². The Morgan fingerprint density at radius 3 is 2.56 bits per heavy atom. The van der Waals surface area contributed by atoms with Crippen LogP contribution in [0.15, 0.2) is 52.9 Å². The fourth-order valence-corrected chi connectivity index (χ4v) is 5.57. The molecule has 0 atom stereocenters. The Morgan fingerprint density at radius 1 is 1.05 bits per heavy atom. The number of benzene rings is 2. The van der Waals surface area contributed by atoms with Gasteiger partial charge in [-0.25, -0.2) is 17.8 Å². The summed E-state index contributed by atoms with van der Waals surface area (Å²) >= 11 is 0. The lowest BCUT2D eigenvalue weighted by molar-refractivity contribution is 0.0910. The highest BCUT2D eigenvalue weighted by atomic mass is 32.2. The van der Waals surface area contributed by atoms with Gasteiger partial charge >= 0.3 is 0 Å². The maximum atomic E-state index is 14.6. The highest BCUT2D eigenvalue weighted by Crippen LogP contribution is 2.41. The Balaban J connectivity index is 1.61. The molecule has 210 valence electrons. The lowest BCUT2D eigenvalue weighted by Gasteiger charge is -2.21. The van der Waals surface area contributed by atoms with E-state index in [2.05, 4.69) is 15.4 Å². The molecule has 0 saturated heterocycles. The highest BCUT2D eigenvalue weighted by molar-refractivity contribution is 7.92. The molecule has 4 heterocycles. The molecule has 2 aromatic carbocycles. The number of pyridine rings is 1. The Bertz CT molecular complexity index is 2010. The van der Waals surface area contributed by atoms with Gasteiger partial charge in [-0.15, -0.1) is 0 Å². The van der Waals surface area contributed by atoms with Gasteiger partial charge in [0.25, 0.3) is 11.8 Å². The van der Waals surface area contributed by atoms with E-state index in [9.17, 15) is 22.4 Å². The molecule has 6 rings (SSSR count). The zero-order valence-electron chi connectivity index (χ0n) is 22.2. The summed E-state index contributed by atoms with van der Waals surface area (Å²) in [6.07, 6.45) is 0. The lowest BCUT2D eigenvalue weighted by Crippen LogP contribution is -2.24. The number of sulfonamides is 1. The maximum absolute atomic E-state index is 14.6. The third-order valence-corrected chi connectivity index (χ3v) is 8.27. The van der Waals surface area contributed by atoms with Crippen LogP contribution in [-0.4, -0.2) is 49.6 Å². The number of amides is 2. The van der Waals surface area contributed by atoms with Gasteiger partial charge in [0.15, 0.2) is 6.73 Å². The van der Waals surface area contributed by atoms with Gasteiger partial charge in [-0.1, -0.05) is 6.07 Å². The number of aromatic nitrogens is 2. The number of rotatable bonds is 6. The highest BCUT2D eigenvalue weighted by Gasteiger charge is 2.28. The largest absolute Gasteiger partial charge is 0.470 e. The average Bonchev–Trinajstić information content (AvgIpc) is 3.55. The predicted octanol–water partition coefficient (Wildman–Crippen LogP) is 4.09. The van der Waals surface area contributed by atoms with E-state index in [0.717, 1.165) is 0 Å². The van der Waals surface area contributed by atoms with E-state index in [4.69, 9.17) is 14.1 Å². The number of hydrogen-bond donors (Lipinski definition) is 3. The van der Waals surface area contributed by atoms with E-state index in [1.165, 1.54) is 33.2 Å². The molecule has 1 aliphatic heterocycles. The van der Waals surface area contributed by atoms with Crippen LogP contribution in [0.4, 0.5) is 10.1 Å². The number of carbonyl (C=O) groups is 2. The van der Waals surface area contributed by atoms with Crippen LogP contribution in [0.2, 0.25) is 0 Å². The number of furan rings is 1. The van der Waals surface area contributed by atoms with Crippen molar-refractivity contribution in [1.82, 2.24) is 20.2 Å². The Kier molecular flexibility index (Phi) is 6.18. The summed E-state index contributed by atoms with van der Waals surface area (Å²) in [5, 5.41) is 5.66. The maximum Gasteiger partial charge on any atom is 0.287 e. The van der Waals surface area contributed by atoms with Crippen molar-refractivity contribution in [2.45, 2.75) is 13.7 Å². The van der Waals surface area contributed by atoms with Crippen LogP contribution in [0.1, 0.15) is 27.8 Å². The van der Waals surface area contributed by atoms with Crippen LogP contribution in [0, 0.1) is 5.82 Å². The van der Waals surface area contributed by atoms with Crippen LogP contribution >= 0.6 is 0 Å². The summed E-state index contributed by atoms with van der Waals surface area (Å²) in [6.45, 7) is 1.66. The van der Waals surface area contributed by atoms with Crippen molar-refractivity contribution in [2.75, 3.05) is 24.6 Å². The molecule has 0 bridgehead atoms. The number of anilines is 1. The Morgan fingerprint density at radius 2 is 1.83 bits per heavy atom. The molecule has 1 aliphatic rings. The lowest BCUT2D eigenvalue weighted by atomic mass is 10.0. The zero-order valence-corrected chi connectivity index (χ0v) is 23.0. The molecule has 41 heavy (non-hydrogen) atoms. The van der Waals surface area contributed by atoms with Gasteiger partial charge in [-0.3, -0.25) is 14.3 Å². The second kappa shape index (κ2) is 9.63. The summed E-state index contributed by atoms with van der Waals surface area (Å²) in [7, 11) is -0.928. The van der Waals surface area contributed by atoms with Crippen molar-refractivity contribution >= 4 is 49.4 Å². The monoisotopic (exact) mass is 577 g/mol. The molecule has 0 saturated carbocycles. The van der Waals surface area contributed by atoms with Gasteiger partial charge in [-0.2, -0.15) is 0 Å². The van der Waals surface area contributed by atoms with Gasteiger partial charge in [0.2, 0.25) is 15.8 Å². The first-order chi connectivity index (χ1) is 19.7. The molecular formula is C28H24FN5O6S. The topological polar surface area (TPSA) is 145 Å². The van der Waals surface area contributed by atoms with E-state index in [-0.39, 0.29) is 46.3 Å². The predicted molar refractivity (Wildman–Crippen MR) is 151 cm³/mol. The van der Waals surface area contributed by atoms with Gasteiger partial charge < -0.3 is 24.4 Å². The molecule has 13 heteroatoms. The van der Waals surface area contributed by atoms with Crippen LogP contribution in [0.5, 0.6) is 5.75 Å². The minimum Gasteiger partial charge on any atom is -0.470 e. The average molecular weight is 578 g/mol. The summed E-state index contributed by atoms with van der Waals surface area (Å²) < 4.78 is 55.9. The molecule has 0 spiro atoms. The first-order valence-electron chi connectivity index (χ1n) is 12.6. The van der Waals surface area contributed by atoms with Crippen molar-refractivity contribution in [3.8, 4) is 28.4 Å². The number of nitrogens with one attached hydrogen (secondary N) is 3. The molecule has 11 nitrogen and oxygen atoms in total. The standard InChI is InChI=1S/C28H24FN5O6S/c1-4-41(37,38)33-19-12-23-16(24(27(35)30-2)26(40-23)28(36)31-3)10-15(19)18-8-9-22-25(32-18)21-11-14-17(29)6-5-7-20(14)34(21)13-39-22/h5-12,33H,4,13H2,1-3H3,(H,30,35)(H,31,36). The van der Waals surface area contributed by atoms with Crippen molar-refractivity contribution in [3.05, 3.63) is 65.7 Å². The van der Waals surface area contributed by atoms with E-state index in [0.29, 0.717) is 39.3 Å². The first-order valence-corrected chi connectivity index (χ1v) is 14.3. The number of halogens is 1. The quantitative estimate of drug-likeness (QED) is 0.276. The number of ether oxygens (including phenoxy) is 1. The second-order valence-corrected chi connectivity index (χ2v) is 11.3. The van der Waals surface area contributed by atoms with Crippen LogP contribution < -0.4 is 20.1 Å². The van der Waals surface area contributed by atoms with Crippen molar-refractivity contribution in [1.29, 1.82) is 0 Å². The van der Waals surface area contributed by atoms with E-state index >= 15 is 0 Å². The van der Waals surface area contributed by atoms with E-state index < -0.39 is 21.8 Å². The third-order valence-electron chi connectivity index (χ3n) is 6.98. The van der Waals surface area contributed by atoms with Gasteiger partial charge in [0.1, 0.15) is 22.8 Å². The molecule has 5 aromatic rings. The minimum atomic E-state index is -3.75. The zero-order chi connectivity index (χ0) is 29.1. The smallest absolute Gasteiger partial charge is 0.287 e. The summed E-state index contributed by atoms with van der Waals surface area (Å²) in [4.78, 5) is 30.2. The molecule has 0 fully saturated rings. The molecular weight excluding hydrogens is 553 g/mol. The second-order valence-electron chi connectivity index (χ2n) is 9.31. The molecule has 3 aromatic heterocycles. The summed E-state index contributed by atoms with van der Waals surface area (Å²) in [6, 6.07) is 12.8. The molecule has 0 radical (unpaired) electrons. The summed E-state index contributed by atoms with van der Waals surface area (Å²) in [5.41, 5.74) is 2.61. The number of hydrogen-bond acceptors (Lipinski definition) is 7. The van der Waals surface area contributed by atoms with Crippen molar-refractivity contribution in [3.63, 3.8) is 0 Å².